The standard InChI is InChI=1S/C16H13NO3/c1-2-19-16(18)12-10-11-6-3-4-7-13(11)17-15(12)14-8-5-9-20-14/h3-10H,2H2,1H3. The molecule has 0 N–H and O–H groups in total. The van der Waals surface area contributed by atoms with Crippen LogP contribution in [-0.4, -0.2) is 17.6 Å². The van der Waals surface area contributed by atoms with Gasteiger partial charge in [0.15, 0.2) is 5.76 Å². The van der Waals surface area contributed by atoms with E-state index in [9.17, 15) is 4.79 Å². The Morgan fingerprint density at radius 1 is 1.25 bits per heavy atom. The second-order valence-corrected chi connectivity index (χ2v) is 4.28. The monoisotopic (exact) mass is 267 g/mol. The Hall–Kier alpha value is -2.62. The zero-order valence-corrected chi connectivity index (χ0v) is 11.0. The number of esters is 1. The molecule has 3 aromatic rings. The van der Waals surface area contributed by atoms with Gasteiger partial charge in [0.25, 0.3) is 0 Å². The van der Waals surface area contributed by atoms with Crippen molar-refractivity contribution in [3.63, 3.8) is 0 Å². The Bertz CT molecular complexity index is 748. The average molecular weight is 267 g/mol. The number of carbonyl (C=O) groups excluding carboxylic acids is 1. The van der Waals surface area contributed by atoms with E-state index in [4.69, 9.17) is 9.15 Å². The number of carbonyl (C=O) groups is 1. The maximum atomic E-state index is 12.1. The SMILES string of the molecule is CCOC(=O)c1cc2ccccc2nc1-c1ccco1. The fourth-order valence-corrected chi connectivity index (χ4v) is 2.08. The maximum Gasteiger partial charge on any atom is 0.340 e. The number of nitrogens with zero attached hydrogens (tertiary/aromatic N) is 1. The van der Waals surface area contributed by atoms with E-state index in [0.29, 0.717) is 23.6 Å². The minimum absolute atomic E-state index is 0.323. The van der Waals surface area contributed by atoms with E-state index in [1.165, 1.54) is 0 Å². The first-order valence-electron chi connectivity index (χ1n) is 6.40. The van der Waals surface area contributed by atoms with Gasteiger partial charge in [0, 0.05) is 5.39 Å². The third kappa shape index (κ3) is 2.16. The average Bonchev–Trinajstić information content (AvgIpc) is 3.00. The van der Waals surface area contributed by atoms with Crippen molar-refractivity contribution in [1.29, 1.82) is 0 Å². The Morgan fingerprint density at radius 2 is 2.10 bits per heavy atom. The van der Waals surface area contributed by atoms with Crippen LogP contribution in [-0.2, 0) is 4.74 Å². The van der Waals surface area contributed by atoms with E-state index in [1.54, 1.807) is 31.4 Å². The molecule has 3 rings (SSSR count). The second-order valence-electron chi connectivity index (χ2n) is 4.28. The molecular weight excluding hydrogens is 254 g/mol. The Balaban J connectivity index is 2.23. The Morgan fingerprint density at radius 3 is 2.85 bits per heavy atom. The highest BCUT2D eigenvalue weighted by Crippen LogP contribution is 2.26. The first-order chi connectivity index (χ1) is 9.79. The van der Waals surface area contributed by atoms with Gasteiger partial charge >= 0.3 is 5.97 Å². The van der Waals surface area contributed by atoms with Crippen LogP contribution in [0.2, 0.25) is 0 Å². The van der Waals surface area contributed by atoms with Gasteiger partial charge in [0.2, 0.25) is 0 Å². The first-order valence-corrected chi connectivity index (χ1v) is 6.40. The molecule has 0 spiro atoms. The van der Waals surface area contributed by atoms with Crippen LogP contribution < -0.4 is 0 Å². The number of para-hydroxylation sites is 1. The molecule has 0 aliphatic carbocycles. The van der Waals surface area contributed by atoms with Gasteiger partial charge in [-0.25, -0.2) is 9.78 Å². The summed E-state index contributed by atoms with van der Waals surface area (Å²) in [6, 6.07) is 13.0. The minimum Gasteiger partial charge on any atom is -0.463 e. The van der Waals surface area contributed by atoms with Crippen molar-refractivity contribution in [3.05, 3.63) is 54.3 Å². The van der Waals surface area contributed by atoms with Crippen molar-refractivity contribution in [2.24, 2.45) is 0 Å². The van der Waals surface area contributed by atoms with Gasteiger partial charge in [0.1, 0.15) is 5.69 Å². The molecule has 4 heteroatoms. The molecule has 2 heterocycles. The summed E-state index contributed by atoms with van der Waals surface area (Å²) in [5.74, 6) is 0.163. The molecule has 0 unspecified atom stereocenters. The molecule has 0 saturated carbocycles. The van der Waals surface area contributed by atoms with Crippen LogP contribution in [0.15, 0.2) is 53.1 Å². The quantitative estimate of drug-likeness (QED) is 0.679. The Labute approximate surface area is 116 Å². The number of pyridine rings is 1. The smallest absolute Gasteiger partial charge is 0.340 e. The van der Waals surface area contributed by atoms with Crippen LogP contribution >= 0.6 is 0 Å². The maximum absolute atomic E-state index is 12.1. The molecule has 0 bridgehead atoms. The summed E-state index contributed by atoms with van der Waals surface area (Å²) in [5.41, 5.74) is 1.74. The van der Waals surface area contributed by atoms with E-state index >= 15 is 0 Å². The molecule has 100 valence electrons. The van der Waals surface area contributed by atoms with Crippen LogP contribution in [0.3, 0.4) is 0 Å². The van der Waals surface area contributed by atoms with Gasteiger partial charge in [0.05, 0.1) is 24.0 Å². The zero-order chi connectivity index (χ0) is 13.9. The lowest BCUT2D eigenvalue weighted by atomic mass is 10.1. The van der Waals surface area contributed by atoms with Gasteiger partial charge in [-0.1, -0.05) is 18.2 Å². The molecule has 0 aliphatic rings. The second kappa shape index (κ2) is 5.17. The highest BCUT2D eigenvalue weighted by molar-refractivity contribution is 5.99. The molecule has 0 radical (unpaired) electrons. The normalized spacial score (nSPS) is 10.7. The summed E-state index contributed by atoms with van der Waals surface area (Å²) in [4.78, 5) is 16.6. The van der Waals surface area contributed by atoms with Crippen molar-refractivity contribution in [1.82, 2.24) is 4.98 Å². The predicted molar refractivity (Wildman–Crippen MR) is 75.4 cm³/mol. The fraction of sp³-hybridized carbons (Fsp3) is 0.125. The van der Waals surface area contributed by atoms with Gasteiger partial charge in [-0.2, -0.15) is 0 Å². The van der Waals surface area contributed by atoms with Crippen molar-refractivity contribution < 1.29 is 13.9 Å². The third-order valence-electron chi connectivity index (χ3n) is 2.97. The highest BCUT2D eigenvalue weighted by Gasteiger charge is 2.18. The Kier molecular flexibility index (Phi) is 3.21. The molecule has 20 heavy (non-hydrogen) atoms. The van der Waals surface area contributed by atoms with Gasteiger partial charge in [-0.15, -0.1) is 0 Å². The van der Waals surface area contributed by atoms with E-state index in [2.05, 4.69) is 4.98 Å². The molecular formula is C16H13NO3. The van der Waals surface area contributed by atoms with Crippen molar-refractivity contribution in [2.45, 2.75) is 6.92 Å². The van der Waals surface area contributed by atoms with Crippen LogP contribution in [0.1, 0.15) is 17.3 Å². The van der Waals surface area contributed by atoms with E-state index in [0.717, 1.165) is 10.9 Å². The van der Waals surface area contributed by atoms with Crippen LogP contribution in [0, 0.1) is 0 Å². The first kappa shape index (κ1) is 12.4. The number of rotatable bonds is 3. The van der Waals surface area contributed by atoms with Crippen molar-refractivity contribution in [3.8, 4) is 11.5 Å². The number of fused-ring (bicyclic) bond motifs is 1. The van der Waals surface area contributed by atoms with Gasteiger partial charge in [-0.05, 0) is 31.2 Å². The van der Waals surface area contributed by atoms with Crippen molar-refractivity contribution >= 4 is 16.9 Å². The van der Waals surface area contributed by atoms with Crippen LogP contribution in [0.4, 0.5) is 0 Å². The molecule has 0 atom stereocenters. The van der Waals surface area contributed by atoms with E-state index in [-0.39, 0.29) is 0 Å². The summed E-state index contributed by atoms with van der Waals surface area (Å²) in [5, 5.41) is 0.894. The number of aromatic nitrogens is 1. The topological polar surface area (TPSA) is 52.3 Å². The largest absolute Gasteiger partial charge is 0.463 e. The summed E-state index contributed by atoms with van der Waals surface area (Å²) >= 11 is 0. The number of hydrogen-bond donors (Lipinski definition) is 0. The number of hydrogen-bond acceptors (Lipinski definition) is 4. The number of ether oxygens (including phenoxy) is 1. The minimum atomic E-state index is -0.392. The lowest BCUT2D eigenvalue weighted by Gasteiger charge is -2.08. The molecule has 1 aromatic carbocycles. The summed E-state index contributed by atoms with van der Waals surface area (Å²) in [7, 11) is 0. The number of benzene rings is 1. The van der Waals surface area contributed by atoms with E-state index < -0.39 is 5.97 Å². The lowest BCUT2D eigenvalue weighted by Crippen LogP contribution is -2.07. The van der Waals surface area contributed by atoms with E-state index in [1.807, 2.05) is 24.3 Å². The molecule has 4 nitrogen and oxygen atoms in total. The van der Waals surface area contributed by atoms with Crippen LogP contribution in [0.5, 0.6) is 0 Å². The highest BCUT2D eigenvalue weighted by atomic mass is 16.5. The fourth-order valence-electron chi connectivity index (χ4n) is 2.08. The van der Waals surface area contributed by atoms with Crippen molar-refractivity contribution in [2.75, 3.05) is 6.61 Å². The summed E-state index contributed by atoms with van der Waals surface area (Å²) < 4.78 is 10.5. The predicted octanol–water partition coefficient (Wildman–Crippen LogP) is 3.67. The van der Waals surface area contributed by atoms with Gasteiger partial charge in [-0.3, -0.25) is 0 Å². The third-order valence-corrected chi connectivity index (χ3v) is 2.97. The molecule has 0 amide bonds. The zero-order valence-electron chi connectivity index (χ0n) is 11.0. The van der Waals surface area contributed by atoms with Gasteiger partial charge < -0.3 is 9.15 Å². The molecule has 2 aromatic heterocycles. The lowest BCUT2D eigenvalue weighted by molar-refractivity contribution is 0.0527. The molecule has 0 saturated heterocycles. The molecule has 0 aliphatic heterocycles. The van der Waals surface area contributed by atoms with Crippen LogP contribution in [0.25, 0.3) is 22.4 Å². The summed E-state index contributed by atoms with van der Waals surface area (Å²) in [6.45, 7) is 2.10. The molecule has 0 fully saturated rings. The number of furan rings is 1. The summed E-state index contributed by atoms with van der Waals surface area (Å²) in [6.07, 6.45) is 1.56.